The van der Waals surface area contributed by atoms with Crippen LogP contribution in [0.2, 0.25) is 0 Å². The summed E-state index contributed by atoms with van der Waals surface area (Å²) in [5, 5.41) is 4.51. The van der Waals surface area contributed by atoms with E-state index in [9.17, 15) is 0 Å². The van der Waals surface area contributed by atoms with Crippen molar-refractivity contribution >= 4 is 28.1 Å². The Labute approximate surface area is 191 Å². The van der Waals surface area contributed by atoms with E-state index in [4.69, 9.17) is 14.5 Å². The fraction of sp³-hybridized carbons (Fsp3) is 0.375. The summed E-state index contributed by atoms with van der Waals surface area (Å²) in [4.78, 5) is 16.5. The number of benzene rings is 1. The van der Waals surface area contributed by atoms with Crippen LogP contribution in [0.3, 0.4) is 0 Å². The number of aromatic nitrogens is 4. The van der Waals surface area contributed by atoms with E-state index in [1.54, 1.807) is 14.2 Å². The zero-order valence-corrected chi connectivity index (χ0v) is 19.8. The third kappa shape index (κ3) is 3.48. The number of aryl methyl sites for hydroxylation is 3. The van der Waals surface area contributed by atoms with Crippen LogP contribution in [-0.4, -0.2) is 33.7 Å². The molecule has 5 rings (SSSR count). The first kappa shape index (κ1) is 20.8. The second-order valence-electron chi connectivity index (χ2n) is 8.19. The average molecular weight is 450 g/mol. The lowest BCUT2D eigenvalue weighted by Gasteiger charge is -2.16. The molecule has 1 N–H and O–H groups in total. The Morgan fingerprint density at radius 1 is 1.09 bits per heavy atom. The summed E-state index contributed by atoms with van der Waals surface area (Å²) < 4.78 is 13.3. The molecule has 0 aliphatic carbocycles. The predicted molar refractivity (Wildman–Crippen MR) is 128 cm³/mol. The van der Waals surface area contributed by atoms with Crippen LogP contribution >= 0.6 is 11.3 Å². The molecule has 4 aromatic rings. The maximum atomic E-state index is 5.50. The van der Waals surface area contributed by atoms with E-state index >= 15 is 0 Å². The minimum Gasteiger partial charge on any atom is -0.493 e. The molecule has 3 aromatic heterocycles. The van der Waals surface area contributed by atoms with Crippen LogP contribution in [0.4, 0.5) is 5.82 Å². The zero-order chi connectivity index (χ0) is 22.4. The molecular weight excluding hydrogens is 422 g/mol. The summed E-state index contributed by atoms with van der Waals surface area (Å²) in [6, 6.07) is 6.18. The summed E-state index contributed by atoms with van der Waals surface area (Å²) >= 11 is 1.82. The predicted octanol–water partition coefficient (Wildman–Crippen LogP) is 5.31. The zero-order valence-electron chi connectivity index (χ0n) is 19.0. The Hall–Kier alpha value is -3.13. The van der Waals surface area contributed by atoms with E-state index in [0.29, 0.717) is 17.3 Å². The number of hydrogen-bond acceptors (Lipinski definition) is 7. The van der Waals surface area contributed by atoms with Gasteiger partial charge in [-0.3, -0.25) is 0 Å². The molecule has 0 bridgehead atoms. The molecule has 4 heterocycles. The molecule has 7 nitrogen and oxygen atoms in total. The van der Waals surface area contributed by atoms with E-state index in [1.165, 1.54) is 33.3 Å². The van der Waals surface area contributed by atoms with Gasteiger partial charge in [-0.2, -0.15) is 0 Å². The van der Waals surface area contributed by atoms with Crippen molar-refractivity contribution < 1.29 is 9.47 Å². The summed E-state index contributed by atoms with van der Waals surface area (Å²) in [6.07, 6.45) is 4.28. The van der Waals surface area contributed by atoms with E-state index in [-0.39, 0.29) is 6.04 Å². The van der Waals surface area contributed by atoms with Gasteiger partial charge < -0.3 is 19.4 Å². The highest BCUT2D eigenvalue weighted by molar-refractivity contribution is 7.15. The number of nitrogens with one attached hydrogen (secondary N) is 1. The van der Waals surface area contributed by atoms with Gasteiger partial charge in [0.15, 0.2) is 11.5 Å². The Balaban J connectivity index is 1.49. The molecule has 0 amide bonds. The second-order valence-corrected chi connectivity index (χ2v) is 9.27. The fourth-order valence-corrected chi connectivity index (χ4v) is 5.57. The molecule has 1 atom stereocenters. The lowest BCUT2D eigenvalue weighted by molar-refractivity contribution is 0.356. The first-order valence-electron chi connectivity index (χ1n) is 10.8. The van der Waals surface area contributed by atoms with Crippen molar-refractivity contribution in [1.82, 2.24) is 19.5 Å². The number of rotatable bonds is 6. The fourth-order valence-electron chi connectivity index (χ4n) is 4.37. The summed E-state index contributed by atoms with van der Waals surface area (Å²) in [5.41, 5.74) is 3.34. The van der Waals surface area contributed by atoms with Crippen LogP contribution in [0.25, 0.3) is 21.5 Å². The Bertz CT molecular complexity index is 1310. The first-order valence-corrected chi connectivity index (χ1v) is 11.6. The maximum Gasteiger partial charge on any atom is 0.162 e. The summed E-state index contributed by atoms with van der Waals surface area (Å²) in [6.45, 7) is 7.31. The molecular formula is C24H27N5O2S. The van der Waals surface area contributed by atoms with Crippen molar-refractivity contribution in [3.05, 3.63) is 46.5 Å². The molecule has 8 heteroatoms. The highest BCUT2D eigenvalue weighted by Crippen LogP contribution is 2.39. The SMILES string of the molecule is COc1cc2nc(C)nc(NC(C)c3cc(C)c(-c4cnc5n4CCC5)s3)c2cc1OC. The molecule has 166 valence electrons. The van der Waals surface area contributed by atoms with Gasteiger partial charge in [0.1, 0.15) is 17.5 Å². The van der Waals surface area contributed by atoms with Crippen LogP contribution in [0.15, 0.2) is 24.4 Å². The minimum absolute atomic E-state index is 0.0824. The first-order chi connectivity index (χ1) is 15.5. The van der Waals surface area contributed by atoms with Gasteiger partial charge in [-0.25, -0.2) is 15.0 Å². The highest BCUT2D eigenvalue weighted by Gasteiger charge is 2.21. The van der Waals surface area contributed by atoms with E-state index < -0.39 is 0 Å². The van der Waals surface area contributed by atoms with Gasteiger partial charge in [-0.05, 0) is 44.9 Å². The summed E-state index contributed by atoms with van der Waals surface area (Å²) in [5.74, 6) is 4.01. The van der Waals surface area contributed by atoms with Crippen molar-refractivity contribution in [2.75, 3.05) is 19.5 Å². The van der Waals surface area contributed by atoms with Gasteiger partial charge in [0.2, 0.25) is 0 Å². The summed E-state index contributed by atoms with van der Waals surface area (Å²) in [7, 11) is 3.27. The molecule has 0 saturated carbocycles. The number of thiophene rings is 1. The van der Waals surface area contributed by atoms with Crippen molar-refractivity contribution in [2.24, 2.45) is 0 Å². The Morgan fingerprint density at radius 3 is 2.66 bits per heavy atom. The van der Waals surface area contributed by atoms with Crippen LogP contribution in [0.1, 0.15) is 41.5 Å². The number of fused-ring (bicyclic) bond motifs is 2. The highest BCUT2D eigenvalue weighted by atomic mass is 32.1. The lowest BCUT2D eigenvalue weighted by Crippen LogP contribution is -2.08. The third-order valence-electron chi connectivity index (χ3n) is 5.98. The smallest absolute Gasteiger partial charge is 0.162 e. The standard InChI is InChI=1S/C24H27N5O2S/c1-13-9-21(32-23(13)18-12-25-22-7-6-8-29(18)22)14(2)26-24-16-10-19(30-4)20(31-5)11-17(16)27-15(3)28-24/h9-12,14H,6-8H2,1-5H3,(H,26,27,28). The van der Waals surface area contributed by atoms with Crippen molar-refractivity contribution in [2.45, 2.75) is 46.2 Å². The van der Waals surface area contributed by atoms with Crippen LogP contribution in [0.5, 0.6) is 11.5 Å². The number of imidazole rings is 1. The van der Waals surface area contributed by atoms with Crippen LogP contribution < -0.4 is 14.8 Å². The van der Waals surface area contributed by atoms with Crippen molar-refractivity contribution in [1.29, 1.82) is 0 Å². The van der Waals surface area contributed by atoms with Crippen LogP contribution in [-0.2, 0) is 13.0 Å². The van der Waals surface area contributed by atoms with Crippen molar-refractivity contribution in [3.8, 4) is 22.1 Å². The number of ether oxygens (including phenoxy) is 2. The van der Waals surface area contributed by atoms with Crippen molar-refractivity contribution in [3.63, 3.8) is 0 Å². The number of hydrogen-bond donors (Lipinski definition) is 1. The van der Waals surface area contributed by atoms with Gasteiger partial charge in [-0.15, -0.1) is 11.3 Å². The molecule has 1 aliphatic heterocycles. The largest absolute Gasteiger partial charge is 0.493 e. The quantitative estimate of drug-likeness (QED) is 0.430. The van der Waals surface area contributed by atoms with Gasteiger partial charge in [-0.1, -0.05) is 0 Å². The molecule has 1 aromatic carbocycles. The van der Waals surface area contributed by atoms with E-state index in [2.05, 4.69) is 39.8 Å². The van der Waals surface area contributed by atoms with Gasteiger partial charge in [0.05, 0.1) is 42.5 Å². The Morgan fingerprint density at radius 2 is 1.88 bits per heavy atom. The number of anilines is 1. The normalized spacial score (nSPS) is 13.9. The van der Waals surface area contributed by atoms with Gasteiger partial charge >= 0.3 is 0 Å². The molecule has 1 unspecified atom stereocenters. The van der Waals surface area contributed by atoms with Crippen LogP contribution in [0, 0.1) is 13.8 Å². The second kappa shape index (κ2) is 8.09. The van der Waals surface area contributed by atoms with E-state index in [1.807, 2.05) is 36.6 Å². The van der Waals surface area contributed by atoms with Gasteiger partial charge in [0.25, 0.3) is 0 Å². The third-order valence-corrected chi connectivity index (χ3v) is 7.43. The molecule has 0 spiro atoms. The molecule has 1 aliphatic rings. The average Bonchev–Trinajstić information content (AvgIpc) is 3.48. The molecule has 0 radical (unpaired) electrons. The minimum atomic E-state index is 0.0824. The van der Waals surface area contributed by atoms with E-state index in [0.717, 1.165) is 29.7 Å². The molecule has 32 heavy (non-hydrogen) atoms. The number of methoxy groups -OCH3 is 2. The molecule has 0 fully saturated rings. The maximum absolute atomic E-state index is 5.50. The lowest BCUT2D eigenvalue weighted by atomic mass is 10.1. The Kier molecular flexibility index (Phi) is 5.25. The van der Waals surface area contributed by atoms with Gasteiger partial charge in [0, 0.05) is 29.3 Å². The monoisotopic (exact) mass is 449 g/mol. The molecule has 0 saturated heterocycles. The number of nitrogens with zero attached hydrogens (tertiary/aromatic N) is 4. The topological polar surface area (TPSA) is 74.1 Å².